The minimum atomic E-state index is -3.00. The average molecular weight is 693 g/mol. The molecule has 6 aromatic rings. The lowest BCUT2D eigenvalue weighted by Gasteiger charge is -2.44. The van der Waals surface area contributed by atoms with E-state index in [-0.39, 0.29) is 0 Å². The van der Waals surface area contributed by atoms with Gasteiger partial charge in [-0.25, -0.2) is 0 Å². The second-order valence-corrected chi connectivity index (χ2v) is 18.9. The molecule has 0 aliphatic heterocycles. The summed E-state index contributed by atoms with van der Waals surface area (Å²) in [7, 11) is -3.00. The van der Waals surface area contributed by atoms with Crippen LogP contribution in [0.5, 0.6) is 0 Å². The third-order valence-electron chi connectivity index (χ3n) is 12.1. The van der Waals surface area contributed by atoms with Crippen LogP contribution >= 0.6 is 0 Å². The Morgan fingerprint density at radius 2 is 0.615 bits per heavy atom. The fraction of sp³-hybridized carbons (Fsp3) is 0.216. The van der Waals surface area contributed by atoms with Gasteiger partial charge in [0.05, 0.1) is 0 Å². The summed E-state index contributed by atoms with van der Waals surface area (Å²) in [6.45, 7) is 24.0. The summed E-state index contributed by atoms with van der Waals surface area (Å²) >= 11 is 0. The summed E-state index contributed by atoms with van der Waals surface area (Å²) in [4.78, 5) is 0. The third-order valence-corrected chi connectivity index (χ3v) is 18.3. The van der Waals surface area contributed by atoms with Crippen molar-refractivity contribution in [2.45, 2.75) is 69.2 Å². The van der Waals surface area contributed by atoms with Crippen LogP contribution in [0.2, 0.25) is 0 Å². The van der Waals surface area contributed by atoms with E-state index in [1.807, 2.05) is 0 Å². The van der Waals surface area contributed by atoms with E-state index in [2.05, 4.69) is 197 Å². The maximum Gasteiger partial charge on any atom is 0.178 e. The molecule has 0 amide bonds. The van der Waals surface area contributed by atoms with Crippen LogP contribution < -0.4 is 15.6 Å². The Hall–Kier alpha value is -4.98. The van der Waals surface area contributed by atoms with Gasteiger partial charge in [0.1, 0.15) is 0 Å². The van der Waals surface area contributed by atoms with E-state index in [9.17, 15) is 0 Å². The third kappa shape index (κ3) is 5.76. The van der Waals surface area contributed by atoms with Crippen molar-refractivity contribution >= 4 is 23.6 Å². The number of hydrogen-bond acceptors (Lipinski definition) is 0. The average Bonchev–Trinajstić information content (AvgIpc) is 3.33. The molecule has 0 spiro atoms. The minimum Gasteiger partial charge on any atom is -0.0636 e. The van der Waals surface area contributed by atoms with Gasteiger partial charge in [0.25, 0.3) is 0 Å². The van der Waals surface area contributed by atoms with E-state index < -0.39 is 8.07 Å². The molecule has 1 atom stereocenters. The molecule has 0 radical (unpaired) electrons. The van der Waals surface area contributed by atoms with Crippen LogP contribution in [-0.2, 0) is 0 Å². The fourth-order valence-electron chi connectivity index (χ4n) is 9.81. The molecule has 0 nitrogen and oxygen atoms in total. The van der Waals surface area contributed by atoms with Crippen LogP contribution in [0, 0.1) is 47.5 Å². The standard InChI is InChI=1S/C51H52Si/c1-32-26-45(42-20-14-11-15-21-42)27-33(2)48(32)52(51-40(9)38(7)39(8)41(51)10,49-34(3)28-46(29-35(49)4)43-22-16-12-17-23-43)50-36(5)30-47(31-37(50)6)44-24-18-13-19-25-44/h11-31,40H,1-10H3. The Labute approximate surface area is 313 Å². The summed E-state index contributed by atoms with van der Waals surface area (Å²) in [6.07, 6.45) is 0. The Bertz CT molecular complexity index is 2070. The molecule has 0 heterocycles. The van der Waals surface area contributed by atoms with Gasteiger partial charge in [-0.05, 0) is 156 Å². The first-order chi connectivity index (χ1) is 24.9. The van der Waals surface area contributed by atoms with Crippen LogP contribution in [0.4, 0.5) is 0 Å². The van der Waals surface area contributed by atoms with Crippen molar-refractivity contribution in [3.63, 3.8) is 0 Å². The van der Waals surface area contributed by atoms with Gasteiger partial charge in [-0.2, -0.15) is 0 Å². The Kier molecular flexibility index (Phi) is 9.44. The maximum absolute atomic E-state index is 3.00. The number of allylic oxidation sites excluding steroid dienone is 4. The van der Waals surface area contributed by atoms with Crippen molar-refractivity contribution in [3.8, 4) is 33.4 Å². The Morgan fingerprint density at radius 3 is 0.846 bits per heavy atom. The molecular formula is C51H52Si. The Morgan fingerprint density at radius 1 is 0.346 bits per heavy atom. The first-order valence-corrected chi connectivity index (χ1v) is 20.9. The molecule has 7 rings (SSSR count). The second kappa shape index (κ2) is 13.9. The van der Waals surface area contributed by atoms with Gasteiger partial charge >= 0.3 is 0 Å². The molecule has 0 saturated carbocycles. The van der Waals surface area contributed by atoms with Gasteiger partial charge in [-0.15, -0.1) is 0 Å². The molecular weight excluding hydrogens is 641 g/mol. The summed E-state index contributed by atoms with van der Waals surface area (Å²) in [5.74, 6) is 0.333. The quantitative estimate of drug-likeness (QED) is 0.115. The highest BCUT2D eigenvalue weighted by atomic mass is 28.3. The molecule has 0 fully saturated rings. The van der Waals surface area contributed by atoms with Crippen molar-refractivity contribution in [2.75, 3.05) is 0 Å². The zero-order valence-electron chi connectivity index (χ0n) is 32.7. The molecule has 0 N–H and O–H groups in total. The Balaban J connectivity index is 1.67. The van der Waals surface area contributed by atoms with Gasteiger partial charge < -0.3 is 0 Å². The summed E-state index contributed by atoms with van der Waals surface area (Å²) in [5.41, 5.74) is 20.4. The van der Waals surface area contributed by atoms with Crippen LogP contribution in [0.25, 0.3) is 33.4 Å². The highest BCUT2D eigenvalue weighted by Crippen LogP contribution is 2.44. The molecule has 0 saturated heterocycles. The molecule has 1 heteroatoms. The molecule has 52 heavy (non-hydrogen) atoms. The predicted octanol–water partition coefficient (Wildman–Crippen LogP) is 11.9. The summed E-state index contributed by atoms with van der Waals surface area (Å²) in [6, 6.07) is 47.6. The lowest BCUT2D eigenvalue weighted by molar-refractivity contribution is 0.851. The van der Waals surface area contributed by atoms with Crippen LogP contribution in [0.1, 0.15) is 61.1 Å². The second-order valence-electron chi connectivity index (χ2n) is 15.4. The van der Waals surface area contributed by atoms with Crippen LogP contribution in [0.15, 0.2) is 149 Å². The number of hydrogen-bond donors (Lipinski definition) is 0. The van der Waals surface area contributed by atoms with Gasteiger partial charge in [-0.3, -0.25) is 0 Å². The summed E-state index contributed by atoms with van der Waals surface area (Å²) < 4.78 is 0. The lowest BCUT2D eigenvalue weighted by atomic mass is 10.00. The highest BCUT2D eigenvalue weighted by molar-refractivity contribution is 7.17. The molecule has 0 aromatic heterocycles. The van der Waals surface area contributed by atoms with Gasteiger partial charge in [0, 0.05) is 0 Å². The topological polar surface area (TPSA) is 0 Å². The van der Waals surface area contributed by atoms with Crippen molar-refractivity contribution in [3.05, 3.63) is 183 Å². The van der Waals surface area contributed by atoms with Crippen LogP contribution in [-0.4, -0.2) is 8.07 Å². The van der Waals surface area contributed by atoms with Crippen LogP contribution in [0.3, 0.4) is 0 Å². The molecule has 1 aliphatic rings. The largest absolute Gasteiger partial charge is 0.178 e. The molecule has 6 aromatic carbocycles. The van der Waals surface area contributed by atoms with E-state index in [1.165, 1.54) is 83.5 Å². The van der Waals surface area contributed by atoms with E-state index >= 15 is 0 Å². The first-order valence-electron chi connectivity index (χ1n) is 18.9. The zero-order chi connectivity index (χ0) is 36.9. The van der Waals surface area contributed by atoms with Gasteiger partial charge in [-0.1, -0.05) is 151 Å². The monoisotopic (exact) mass is 692 g/mol. The predicted molar refractivity (Wildman–Crippen MR) is 229 cm³/mol. The van der Waals surface area contributed by atoms with E-state index in [0.29, 0.717) is 5.92 Å². The minimum absolute atomic E-state index is 0.333. The molecule has 0 bridgehead atoms. The first kappa shape index (κ1) is 35.4. The normalized spacial score (nSPS) is 14.8. The number of rotatable bonds is 7. The zero-order valence-corrected chi connectivity index (χ0v) is 33.7. The molecule has 1 unspecified atom stereocenters. The number of benzene rings is 6. The molecule has 260 valence electrons. The highest BCUT2D eigenvalue weighted by Gasteiger charge is 2.52. The van der Waals surface area contributed by atoms with E-state index in [0.717, 1.165) is 0 Å². The smallest absolute Gasteiger partial charge is 0.0636 e. The van der Waals surface area contributed by atoms with Crippen molar-refractivity contribution in [1.82, 2.24) is 0 Å². The van der Waals surface area contributed by atoms with Crippen molar-refractivity contribution < 1.29 is 0 Å². The van der Waals surface area contributed by atoms with Crippen molar-refractivity contribution in [1.29, 1.82) is 0 Å². The SMILES string of the molecule is CC1=C(C)C(C)C([Si](c2c(C)cc(-c3ccccc3)cc2C)(c2c(C)cc(-c3ccccc3)cc2C)c2c(C)cc(-c3ccccc3)cc2C)=C1C. The van der Waals surface area contributed by atoms with Gasteiger partial charge in [0.2, 0.25) is 0 Å². The fourth-order valence-corrected chi connectivity index (χ4v) is 17.0. The number of aryl methyl sites for hydroxylation is 6. The summed E-state index contributed by atoms with van der Waals surface area (Å²) in [5, 5.41) is 6.30. The maximum atomic E-state index is 2.49. The lowest BCUT2D eigenvalue weighted by Crippen LogP contribution is -2.73. The van der Waals surface area contributed by atoms with Gasteiger partial charge in [0.15, 0.2) is 8.07 Å². The van der Waals surface area contributed by atoms with E-state index in [4.69, 9.17) is 0 Å². The molecule has 1 aliphatic carbocycles. The van der Waals surface area contributed by atoms with E-state index in [1.54, 1.807) is 20.8 Å². The van der Waals surface area contributed by atoms with Crippen molar-refractivity contribution in [2.24, 2.45) is 5.92 Å².